The molecule has 0 aliphatic heterocycles. The number of carbonyl (C=O) groups excluding carboxylic acids is 1. The molecular weight excluding hydrogens is 366 g/mol. The van der Waals surface area contributed by atoms with Crippen LogP contribution >= 0.6 is 0 Å². The summed E-state index contributed by atoms with van der Waals surface area (Å²) in [6.07, 6.45) is 13.4. The van der Waals surface area contributed by atoms with E-state index in [0.29, 0.717) is 24.0 Å². The Bertz CT molecular complexity index is 772. The normalized spacial score (nSPS) is 41.8. The molecule has 6 atom stereocenters. The highest BCUT2D eigenvalue weighted by atomic mass is 16.1. The van der Waals surface area contributed by atoms with E-state index in [1.54, 1.807) is 11.1 Å². The van der Waals surface area contributed by atoms with Gasteiger partial charge in [0.1, 0.15) is 5.78 Å². The highest BCUT2D eigenvalue weighted by molar-refractivity contribution is 5.81. The van der Waals surface area contributed by atoms with Gasteiger partial charge in [-0.25, -0.2) is 0 Å². The van der Waals surface area contributed by atoms with Crippen molar-refractivity contribution < 1.29 is 4.79 Å². The standard InChI is InChI=1S/C28H43NO/c1-19(2)7-6-8-20(3)23-9-10-24-22-12-16-28(18-29)17-21(30)11-15-27(28,5)25(22)13-14-26(23,24)4/h19-20,23-24H,6-17H2,1-5H3/t20-,23?,24?,26-,27-,28?/m1/s1. The zero-order valence-electron chi connectivity index (χ0n) is 20.2. The van der Waals surface area contributed by atoms with Gasteiger partial charge >= 0.3 is 0 Å². The SMILES string of the molecule is CC(C)CCC[C@@H](C)C1CCC2C3=C(CC[C@@]21C)[C@@]1(C)CCC(=O)CC1(C#N)CC3. The van der Waals surface area contributed by atoms with Crippen LogP contribution in [0.1, 0.15) is 112 Å². The largest absolute Gasteiger partial charge is 0.300 e. The lowest BCUT2D eigenvalue weighted by Gasteiger charge is -2.57. The van der Waals surface area contributed by atoms with E-state index in [1.165, 1.54) is 44.9 Å². The molecule has 0 spiro atoms. The third kappa shape index (κ3) is 3.22. The van der Waals surface area contributed by atoms with Crippen molar-refractivity contribution in [1.82, 2.24) is 0 Å². The fourth-order valence-corrected chi connectivity index (χ4v) is 8.52. The van der Waals surface area contributed by atoms with Gasteiger partial charge in [-0.15, -0.1) is 0 Å². The van der Waals surface area contributed by atoms with Crippen LogP contribution in [0.25, 0.3) is 0 Å². The van der Waals surface area contributed by atoms with Crippen LogP contribution in [-0.2, 0) is 4.79 Å². The predicted octanol–water partition coefficient (Wildman–Crippen LogP) is 7.63. The first-order valence-corrected chi connectivity index (χ1v) is 12.8. The summed E-state index contributed by atoms with van der Waals surface area (Å²) in [5.74, 6) is 3.54. The van der Waals surface area contributed by atoms with Gasteiger partial charge in [-0.1, -0.05) is 65.0 Å². The Hall–Kier alpha value is -1.10. The topological polar surface area (TPSA) is 40.9 Å². The predicted molar refractivity (Wildman–Crippen MR) is 123 cm³/mol. The highest BCUT2D eigenvalue weighted by Crippen LogP contribution is 2.68. The fraction of sp³-hybridized carbons (Fsp3) is 0.857. The van der Waals surface area contributed by atoms with Crippen LogP contribution in [0.3, 0.4) is 0 Å². The highest BCUT2D eigenvalue weighted by Gasteiger charge is 2.61. The quantitative estimate of drug-likeness (QED) is 0.438. The second-order valence-electron chi connectivity index (χ2n) is 12.3. The molecule has 4 aliphatic rings. The molecule has 2 nitrogen and oxygen atoms in total. The molecule has 4 aliphatic carbocycles. The van der Waals surface area contributed by atoms with E-state index in [1.807, 2.05) is 0 Å². The van der Waals surface area contributed by atoms with Crippen molar-refractivity contribution in [3.8, 4) is 6.07 Å². The Morgan fingerprint density at radius 3 is 2.50 bits per heavy atom. The molecule has 166 valence electrons. The number of hydrogen-bond donors (Lipinski definition) is 0. The van der Waals surface area contributed by atoms with Crippen molar-refractivity contribution in [3.05, 3.63) is 11.1 Å². The van der Waals surface area contributed by atoms with E-state index < -0.39 is 5.41 Å². The molecule has 2 heteroatoms. The monoisotopic (exact) mass is 409 g/mol. The van der Waals surface area contributed by atoms with Crippen LogP contribution in [0.5, 0.6) is 0 Å². The van der Waals surface area contributed by atoms with Gasteiger partial charge < -0.3 is 0 Å². The lowest BCUT2D eigenvalue weighted by molar-refractivity contribution is -0.127. The number of carbonyl (C=O) groups is 1. The smallest absolute Gasteiger partial charge is 0.134 e. The zero-order valence-corrected chi connectivity index (χ0v) is 20.2. The average Bonchev–Trinajstić information content (AvgIpc) is 3.05. The summed E-state index contributed by atoms with van der Waals surface area (Å²) >= 11 is 0. The molecule has 0 saturated heterocycles. The van der Waals surface area contributed by atoms with Crippen LogP contribution < -0.4 is 0 Å². The van der Waals surface area contributed by atoms with Crippen molar-refractivity contribution in [2.75, 3.05) is 0 Å². The minimum atomic E-state index is -0.433. The molecule has 0 bridgehead atoms. The van der Waals surface area contributed by atoms with Gasteiger partial charge in [-0.05, 0) is 74.0 Å². The van der Waals surface area contributed by atoms with Gasteiger partial charge in [0.05, 0.1) is 11.5 Å². The molecule has 0 aromatic rings. The summed E-state index contributed by atoms with van der Waals surface area (Å²) in [4.78, 5) is 12.3. The summed E-state index contributed by atoms with van der Waals surface area (Å²) in [6.45, 7) is 12.2. The molecule has 0 heterocycles. The van der Waals surface area contributed by atoms with Crippen LogP contribution in [0.2, 0.25) is 0 Å². The number of fused-ring (bicyclic) bond motifs is 4. The van der Waals surface area contributed by atoms with Gasteiger partial charge in [0.15, 0.2) is 0 Å². The zero-order chi connectivity index (χ0) is 21.7. The first kappa shape index (κ1) is 22.1. The maximum atomic E-state index is 12.3. The first-order chi connectivity index (χ1) is 14.2. The van der Waals surface area contributed by atoms with Crippen LogP contribution in [0, 0.1) is 51.2 Å². The number of hydrogen-bond acceptors (Lipinski definition) is 2. The number of allylic oxidation sites excluding steroid dienone is 2. The van der Waals surface area contributed by atoms with Gasteiger partial charge in [0, 0.05) is 18.3 Å². The molecule has 3 unspecified atom stereocenters. The molecule has 4 rings (SSSR count). The second kappa shape index (κ2) is 7.79. The summed E-state index contributed by atoms with van der Waals surface area (Å²) in [5, 5.41) is 10.2. The lowest BCUT2D eigenvalue weighted by Crippen LogP contribution is -2.51. The third-order valence-electron chi connectivity index (χ3n) is 10.4. The number of nitrogens with zero attached hydrogens (tertiary/aromatic N) is 1. The number of ketones is 1. The van der Waals surface area contributed by atoms with Crippen LogP contribution in [0.15, 0.2) is 11.1 Å². The second-order valence-corrected chi connectivity index (χ2v) is 12.3. The number of Topliss-reactive ketones (excluding diaryl/α,β-unsaturated/α-hetero) is 1. The summed E-state index contributed by atoms with van der Waals surface area (Å²) in [7, 11) is 0. The maximum absolute atomic E-state index is 12.3. The van der Waals surface area contributed by atoms with Crippen LogP contribution in [-0.4, -0.2) is 5.78 Å². The molecule has 0 amide bonds. The van der Waals surface area contributed by atoms with Gasteiger partial charge in [-0.2, -0.15) is 5.26 Å². The minimum Gasteiger partial charge on any atom is -0.300 e. The number of nitriles is 1. The Morgan fingerprint density at radius 1 is 1.03 bits per heavy atom. The molecule has 0 radical (unpaired) electrons. The molecular formula is C28H43NO. The molecule has 2 fully saturated rings. The van der Waals surface area contributed by atoms with E-state index in [2.05, 4.69) is 40.7 Å². The van der Waals surface area contributed by atoms with Gasteiger partial charge in [-0.3, -0.25) is 4.79 Å². The summed E-state index contributed by atoms with van der Waals surface area (Å²) in [6, 6.07) is 2.70. The molecule has 2 saturated carbocycles. The fourth-order valence-electron chi connectivity index (χ4n) is 8.52. The Kier molecular flexibility index (Phi) is 5.74. The summed E-state index contributed by atoms with van der Waals surface area (Å²) < 4.78 is 0. The van der Waals surface area contributed by atoms with E-state index in [0.717, 1.165) is 42.9 Å². The molecule has 0 aromatic heterocycles. The average molecular weight is 410 g/mol. The van der Waals surface area contributed by atoms with Crippen molar-refractivity contribution in [3.63, 3.8) is 0 Å². The van der Waals surface area contributed by atoms with Crippen LogP contribution in [0.4, 0.5) is 0 Å². The molecule has 0 N–H and O–H groups in total. The van der Waals surface area contributed by atoms with Crippen molar-refractivity contribution in [1.29, 1.82) is 5.26 Å². The Labute approximate surface area is 184 Å². The van der Waals surface area contributed by atoms with Crippen molar-refractivity contribution in [2.45, 2.75) is 112 Å². The van der Waals surface area contributed by atoms with Crippen molar-refractivity contribution >= 4 is 5.78 Å². The Morgan fingerprint density at radius 2 is 1.80 bits per heavy atom. The maximum Gasteiger partial charge on any atom is 0.134 e. The summed E-state index contributed by atoms with van der Waals surface area (Å²) in [5.41, 5.74) is 3.31. The Balaban J connectivity index is 1.59. The van der Waals surface area contributed by atoms with Crippen molar-refractivity contribution in [2.24, 2.45) is 39.9 Å². The van der Waals surface area contributed by atoms with E-state index in [-0.39, 0.29) is 5.41 Å². The first-order valence-electron chi connectivity index (χ1n) is 12.8. The minimum absolute atomic E-state index is 0.0639. The van der Waals surface area contributed by atoms with E-state index in [4.69, 9.17) is 0 Å². The van der Waals surface area contributed by atoms with E-state index >= 15 is 0 Å². The molecule has 0 aromatic carbocycles. The van der Waals surface area contributed by atoms with E-state index in [9.17, 15) is 10.1 Å². The van der Waals surface area contributed by atoms with Gasteiger partial charge in [0.2, 0.25) is 0 Å². The number of rotatable bonds is 5. The third-order valence-corrected chi connectivity index (χ3v) is 10.4. The van der Waals surface area contributed by atoms with Gasteiger partial charge in [0.25, 0.3) is 0 Å². The lowest BCUT2D eigenvalue weighted by atomic mass is 9.45. The molecule has 30 heavy (non-hydrogen) atoms.